The van der Waals surface area contributed by atoms with E-state index in [-0.39, 0.29) is 5.75 Å². The zero-order chi connectivity index (χ0) is 14.7. The predicted molar refractivity (Wildman–Crippen MR) is 87.5 cm³/mol. The lowest BCUT2D eigenvalue weighted by Gasteiger charge is -2.27. The second kappa shape index (κ2) is 5.71. The van der Waals surface area contributed by atoms with Gasteiger partial charge in [-0.1, -0.05) is 42.5 Å². The lowest BCUT2D eigenvalue weighted by molar-refractivity contribution is 0.475. The molecule has 21 heavy (non-hydrogen) atoms. The van der Waals surface area contributed by atoms with Crippen molar-refractivity contribution in [2.24, 2.45) is 0 Å². The summed E-state index contributed by atoms with van der Waals surface area (Å²) in [6.45, 7) is 2.09. The van der Waals surface area contributed by atoms with E-state index in [9.17, 15) is 5.11 Å². The first-order chi connectivity index (χ1) is 10.3. The van der Waals surface area contributed by atoms with Crippen molar-refractivity contribution in [3.05, 3.63) is 84.4 Å². The molecule has 2 nitrogen and oxygen atoms in total. The van der Waals surface area contributed by atoms with Crippen LogP contribution in [0.25, 0.3) is 0 Å². The van der Waals surface area contributed by atoms with Gasteiger partial charge in [-0.3, -0.25) is 0 Å². The third-order valence-corrected chi connectivity index (χ3v) is 3.46. The Morgan fingerprint density at radius 3 is 2.10 bits per heavy atom. The molecule has 3 rings (SSSR count). The van der Waals surface area contributed by atoms with Crippen molar-refractivity contribution in [1.82, 2.24) is 0 Å². The van der Waals surface area contributed by atoms with Crippen LogP contribution in [0.1, 0.15) is 5.56 Å². The molecule has 3 aromatic rings. The van der Waals surface area contributed by atoms with E-state index >= 15 is 0 Å². The molecule has 1 N–H and O–H groups in total. The lowest BCUT2D eigenvalue weighted by atomic mass is 10.1. The summed E-state index contributed by atoms with van der Waals surface area (Å²) >= 11 is 0. The molecule has 0 atom stereocenters. The zero-order valence-electron chi connectivity index (χ0n) is 11.9. The maximum absolute atomic E-state index is 9.80. The molecule has 0 fully saturated rings. The Hall–Kier alpha value is -2.74. The van der Waals surface area contributed by atoms with Gasteiger partial charge < -0.3 is 10.0 Å². The van der Waals surface area contributed by atoms with E-state index in [1.165, 1.54) is 5.56 Å². The molecule has 0 aliphatic heterocycles. The van der Waals surface area contributed by atoms with E-state index in [0.29, 0.717) is 0 Å². The molecular weight excluding hydrogens is 258 g/mol. The van der Waals surface area contributed by atoms with Gasteiger partial charge in [0.1, 0.15) is 5.75 Å². The van der Waals surface area contributed by atoms with Gasteiger partial charge in [0.05, 0.1) is 0 Å². The third kappa shape index (κ3) is 2.75. The van der Waals surface area contributed by atoms with Gasteiger partial charge in [0.15, 0.2) is 0 Å². The van der Waals surface area contributed by atoms with Crippen LogP contribution in [0, 0.1) is 6.92 Å². The van der Waals surface area contributed by atoms with Crippen LogP contribution in [0.5, 0.6) is 5.75 Å². The van der Waals surface area contributed by atoms with E-state index in [1.807, 2.05) is 42.5 Å². The highest BCUT2D eigenvalue weighted by molar-refractivity contribution is 5.78. The average molecular weight is 275 g/mol. The number of nitrogens with zero attached hydrogens (tertiary/aromatic N) is 1. The van der Waals surface area contributed by atoms with Crippen LogP contribution in [0.4, 0.5) is 17.1 Å². The molecule has 2 heteroatoms. The molecule has 0 spiro atoms. The third-order valence-electron chi connectivity index (χ3n) is 3.46. The van der Waals surface area contributed by atoms with Gasteiger partial charge in [0.25, 0.3) is 0 Å². The van der Waals surface area contributed by atoms with Gasteiger partial charge in [-0.2, -0.15) is 0 Å². The van der Waals surface area contributed by atoms with E-state index < -0.39 is 0 Å². The maximum Gasteiger partial charge on any atom is 0.117 e. The number of para-hydroxylation sites is 2. The molecule has 104 valence electrons. The van der Waals surface area contributed by atoms with Crippen LogP contribution < -0.4 is 4.90 Å². The highest BCUT2D eigenvalue weighted by Gasteiger charge is 2.13. The summed E-state index contributed by atoms with van der Waals surface area (Å²) in [7, 11) is 0. The largest absolute Gasteiger partial charge is 0.508 e. The van der Waals surface area contributed by atoms with Crippen LogP contribution in [0.15, 0.2) is 78.9 Å². The van der Waals surface area contributed by atoms with Crippen molar-refractivity contribution in [2.75, 3.05) is 4.90 Å². The summed E-state index contributed by atoms with van der Waals surface area (Å²) < 4.78 is 0. The standard InChI is InChI=1S/C19H17NO/c1-15-8-5-6-13-19(15)20(16-9-3-2-4-10-16)17-11-7-12-18(21)14-17/h2-14,21H,1H3. The zero-order valence-corrected chi connectivity index (χ0v) is 11.9. The SMILES string of the molecule is Cc1ccccc1N(c1ccccc1)c1cccc(O)c1. The number of hydrogen-bond donors (Lipinski definition) is 1. The Labute approximate surface area is 124 Å². The second-order valence-corrected chi connectivity index (χ2v) is 4.98. The van der Waals surface area contributed by atoms with Gasteiger partial charge >= 0.3 is 0 Å². The van der Waals surface area contributed by atoms with Crippen LogP contribution in [0.2, 0.25) is 0 Å². The second-order valence-electron chi connectivity index (χ2n) is 4.98. The fourth-order valence-electron chi connectivity index (χ4n) is 2.45. The van der Waals surface area contributed by atoms with E-state index in [1.54, 1.807) is 12.1 Å². The van der Waals surface area contributed by atoms with E-state index in [4.69, 9.17) is 0 Å². The van der Waals surface area contributed by atoms with Gasteiger partial charge in [-0.25, -0.2) is 0 Å². The number of anilines is 3. The normalized spacial score (nSPS) is 10.3. The number of aryl methyl sites for hydroxylation is 1. The van der Waals surface area contributed by atoms with Crippen molar-refractivity contribution in [3.63, 3.8) is 0 Å². The van der Waals surface area contributed by atoms with Crippen LogP contribution in [-0.4, -0.2) is 5.11 Å². The highest BCUT2D eigenvalue weighted by atomic mass is 16.3. The number of phenols is 1. The first kappa shape index (κ1) is 13.3. The minimum absolute atomic E-state index is 0.266. The fraction of sp³-hybridized carbons (Fsp3) is 0.0526. The Balaban J connectivity index is 2.19. The summed E-state index contributed by atoms with van der Waals surface area (Å²) in [4.78, 5) is 2.15. The molecule has 0 aliphatic rings. The molecule has 0 radical (unpaired) electrons. The monoisotopic (exact) mass is 275 g/mol. The maximum atomic E-state index is 9.80. The summed E-state index contributed by atoms with van der Waals surface area (Å²) in [5.74, 6) is 0.266. The van der Waals surface area contributed by atoms with Crippen molar-refractivity contribution in [2.45, 2.75) is 6.92 Å². The topological polar surface area (TPSA) is 23.5 Å². The first-order valence-electron chi connectivity index (χ1n) is 6.95. The van der Waals surface area contributed by atoms with Gasteiger partial charge in [0.2, 0.25) is 0 Å². The van der Waals surface area contributed by atoms with Crippen molar-refractivity contribution in [3.8, 4) is 5.75 Å². The van der Waals surface area contributed by atoms with Crippen molar-refractivity contribution in [1.29, 1.82) is 0 Å². The molecule has 0 aromatic heterocycles. The predicted octanol–water partition coefficient (Wildman–Crippen LogP) is 5.17. The number of phenolic OH excluding ortho intramolecular Hbond substituents is 1. The average Bonchev–Trinajstić information content (AvgIpc) is 2.51. The summed E-state index contributed by atoms with van der Waals surface area (Å²) in [6.07, 6.45) is 0. The molecular formula is C19H17NO. The van der Waals surface area contributed by atoms with Crippen molar-refractivity contribution < 1.29 is 5.11 Å². The molecule has 0 aliphatic carbocycles. The van der Waals surface area contributed by atoms with Crippen LogP contribution in [-0.2, 0) is 0 Å². The minimum atomic E-state index is 0.266. The van der Waals surface area contributed by atoms with Crippen LogP contribution >= 0.6 is 0 Å². The van der Waals surface area contributed by atoms with Crippen LogP contribution in [0.3, 0.4) is 0 Å². The number of benzene rings is 3. The smallest absolute Gasteiger partial charge is 0.117 e. The van der Waals surface area contributed by atoms with E-state index in [2.05, 4.69) is 36.1 Å². The molecule has 0 unspecified atom stereocenters. The van der Waals surface area contributed by atoms with Gasteiger partial charge in [-0.15, -0.1) is 0 Å². The van der Waals surface area contributed by atoms with Crippen molar-refractivity contribution >= 4 is 17.1 Å². The van der Waals surface area contributed by atoms with E-state index in [0.717, 1.165) is 17.1 Å². The molecule has 0 bridgehead atoms. The summed E-state index contributed by atoms with van der Waals surface area (Å²) in [5, 5.41) is 9.80. The van der Waals surface area contributed by atoms with Gasteiger partial charge in [0, 0.05) is 23.1 Å². The molecule has 0 saturated heterocycles. The quantitative estimate of drug-likeness (QED) is 0.712. The summed E-state index contributed by atoms with van der Waals surface area (Å²) in [6, 6.07) is 25.7. The molecule has 0 saturated carbocycles. The molecule has 0 amide bonds. The number of rotatable bonds is 3. The Morgan fingerprint density at radius 1 is 0.714 bits per heavy atom. The van der Waals surface area contributed by atoms with Gasteiger partial charge in [-0.05, 0) is 42.8 Å². The fourth-order valence-corrected chi connectivity index (χ4v) is 2.45. The number of aromatic hydroxyl groups is 1. The minimum Gasteiger partial charge on any atom is -0.508 e. The Bertz CT molecular complexity index is 737. The lowest BCUT2D eigenvalue weighted by Crippen LogP contribution is -2.10. The summed E-state index contributed by atoms with van der Waals surface area (Å²) in [5.41, 5.74) is 4.30. The Kier molecular flexibility index (Phi) is 3.61. The highest BCUT2D eigenvalue weighted by Crippen LogP contribution is 2.37. The molecule has 3 aromatic carbocycles. The molecule has 0 heterocycles. The Morgan fingerprint density at radius 2 is 1.38 bits per heavy atom. The number of hydrogen-bond acceptors (Lipinski definition) is 2. The first-order valence-corrected chi connectivity index (χ1v) is 6.95.